The van der Waals surface area contributed by atoms with E-state index in [2.05, 4.69) is 10.1 Å². The molecule has 0 amide bonds. The maximum Gasteiger partial charge on any atom is 0.387 e. The molecule has 0 bridgehead atoms. The van der Waals surface area contributed by atoms with Crippen molar-refractivity contribution in [2.45, 2.75) is 13.2 Å². The first-order valence-electron chi connectivity index (χ1n) is 5.81. The van der Waals surface area contributed by atoms with Gasteiger partial charge in [0.25, 0.3) is 0 Å². The molecule has 2 aromatic carbocycles. The zero-order valence-corrected chi connectivity index (χ0v) is 11.1. The van der Waals surface area contributed by atoms with Crippen LogP contribution in [0.1, 0.15) is 5.56 Å². The van der Waals surface area contributed by atoms with Crippen LogP contribution >= 0.6 is 11.6 Å². The maximum atomic E-state index is 12.1. The van der Waals surface area contributed by atoms with Crippen molar-refractivity contribution in [1.29, 1.82) is 0 Å². The van der Waals surface area contributed by atoms with E-state index in [9.17, 15) is 13.9 Å². The predicted molar refractivity (Wildman–Crippen MR) is 73.5 cm³/mol. The maximum absolute atomic E-state index is 12.1. The molecule has 2 rings (SSSR count). The summed E-state index contributed by atoms with van der Waals surface area (Å²) in [7, 11) is 0. The molecule has 0 aliphatic carbocycles. The summed E-state index contributed by atoms with van der Waals surface area (Å²) in [5.74, 6) is 0.110. The number of nitrogens with one attached hydrogen (secondary N) is 1. The molecule has 6 heteroatoms. The van der Waals surface area contributed by atoms with E-state index in [-0.39, 0.29) is 16.5 Å². The number of aromatic hydroxyl groups is 1. The average molecular weight is 300 g/mol. The molecule has 20 heavy (non-hydrogen) atoms. The van der Waals surface area contributed by atoms with Gasteiger partial charge in [0.15, 0.2) is 0 Å². The van der Waals surface area contributed by atoms with E-state index in [1.807, 2.05) is 6.07 Å². The summed E-state index contributed by atoms with van der Waals surface area (Å²) in [6.07, 6.45) is 0. The second-order valence-electron chi connectivity index (χ2n) is 4.01. The first-order chi connectivity index (χ1) is 9.56. The molecule has 2 N–H and O–H groups in total. The van der Waals surface area contributed by atoms with Crippen LogP contribution in [0, 0.1) is 0 Å². The van der Waals surface area contributed by atoms with Gasteiger partial charge in [-0.2, -0.15) is 8.78 Å². The number of alkyl halides is 2. The Kier molecular flexibility index (Phi) is 4.63. The normalized spacial score (nSPS) is 10.6. The van der Waals surface area contributed by atoms with Crippen LogP contribution in [0.5, 0.6) is 11.5 Å². The van der Waals surface area contributed by atoms with Gasteiger partial charge in [-0.3, -0.25) is 0 Å². The molecule has 3 nitrogen and oxygen atoms in total. The minimum atomic E-state index is -2.91. The van der Waals surface area contributed by atoms with Gasteiger partial charge in [-0.15, -0.1) is 0 Å². The van der Waals surface area contributed by atoms with Crippen molar-refractivity contribution in [3.05, 3.63) is 53.1 Å². The zero-order valence-electron chi connectivity index (χ0n) is 10.3. The summed E-state index contributed by atoms with van der Waals surface area (Å²) in [6.45, 7) is -2.52. The van der Waals surface area contributed by atoms with Crippen molar-refractivity contribution >= 4 is 17.3 Å². The van der Waals surface area contributed by atoms with Crippen LogP contribution < -0.4 is 10.1 Å². The lowest BCUT2D eigenvalue weighted by Gasteiger charge is -2.11. The molecule has 0 spiro atoms. The molecule has 0 fully saturated rings. The standard InChI is InChI=1S/C14H12ClF2NO2/c15-11-7-10(5-6-13(11)20-14(16)17)18-8-9-3-1-2-4-12(9)19/h1-7,14,18-19H,8H2. The topological polar surface area (TPSA) is 41.5 Å². The fourth-order valence-electron chi connectivity index (χ4n) is 1.66. The van der Waals surface area contributed by atoms with E-state index in [0.29, 0.717) is 12.2 Å². The quantitative estimate of drug-likeness (QED) is 0.867. The number of hydrogen-bond donors (Lipinski definition) is 2. The Morgan fingerprint density at radius 2 is 1.95 bits per heavy atom. The molecule has 106 valence electrons. The van der Waals surface area contributed by atoms with Gasteiger partial charge in [-0.05, 0) is 24.3 Å². The van der Waals surface area contributed by atoms with Crippen molar-refractivity contribution in [3.8, 4) is 11.5 Å². The molecule has 0 unspecified atom stereocenters. The van der Waals surface area contributed by atoms with Gasteiger partial charge in [-0.1, -0.05) is 29.8 Å². The molecule has 0 saturated heterocycles. The van der Waals surface area contributed by atoms with Gasteiger partial charge in [-0.25, -0.2) is 0 Å². The summed E-state index contributed by atoms with van der Waals surface area (Å²) in [6, 6.07) is 11.3. The molecular formula is C14H12ClF2NO2. The third-order valence-electron chi connectivity index (χ3n) is 2.62. The molecule has 0 aliphatic heterocycles. The minimum absolute atomic E-state index is 0.0743. The smallest absolute Gasteiger partial charge is 0.387 e. The van der Waals surface area contributed by atoms with Gasteiger partial charge < -0.3 is 15.2 Å². The highest BCUT2D eigenvalue weighted by molar-refractivity contribution is 6.32. The van der Waals surface area contributed by atoms with Crippen LogP contribution in [0.25, 0.3) is 0 Å². The van der Waals surface area contributed by atoms with Crippen LogP contribution in [0.15, 0.2) is 42.5 Å². The first kappa shape index (κ1) is 14.4. The molecule has 0 atom stereocenters. The van der Waals surface area contributed by atoms with Crippen molar-refractivity contribution < 1.29 is 18.6 Å². The fraction of sp³-hybridized carbons (Fsp3) is 0.143. The Bertz CT molecular complexity index is 593. The highest BCUT2D eigenvalue weighted by Gasteiger charge is 2.09. The largest absolute Gasteiger partial charge is 0.508 e. The molecule has 2 aromatic rings. The Hall–Kier alpha value is -2.01. The number of hydrogen-bond acceptors (Lipinski definition) is 3. The average Bonchev–Trinajstić information content (AvgIpc) is 2.40. The van der Waals surface area contributed by atoms with Gasteiger partial charge in [0.2, 0.25) is 0 Å². The van der Waals surface area contributed by atoms with Crippen molar-refractivity contribution in [2.75, 3.05) is 5.32 Å². The van der Waals surface area contributed by atoms with E-state index in [4.69, 9.17) is 11.6 Å². The van der Waals surface area contributed by atoms with Crippen LogP contribution in [-0.2, 0) is 6.54 Å². The second kappa shape index (κ2) is 6.43. The van der Waals surface area contributed by atoms with Crippen molar-refractivity contribution in [3.63, 3.8) is 0 Å². The lowest BCUT2D eigenvalue weighted by Crippen LogP contribution is -2.03. The second-order valence-corrected chi connectivity index (χ2v) is 4.41. The van der Waals surface area contributed by atoms with E-state index in [1.54, 1.807) is 24.3 Å². The number of phenols is 1. The van der Waals surface area contributed by atoms with Crippen LogP contribution in [0.4, 0.5) is 14.5 Å². The Morgan fingerprint density at radius 1 is 1.20 bits per heavy atom. The lowest BCUT2D eigenvalue weighted by molar-refractivity contribution is -0.0497. The van der Waals surface area contributed by atoms with E-state index >= 15 is 0 Å². The van der Waals surface area contributed by atoms with Crippen LogP contribution in [-0.4, -0.2) is 11.7 Å². The number of halogens is 3. The molecular weight excluding hydrogens is 288 g/mol. The molecule has 0 radical (unpaired) electrons. The molecule has 0 aliphatic rings. The Labute approximate surface area is 119 Å². The third-order valence-corrected chi connectivity index (χ3v) is 2.92. The van der Waals surface area contributed by atoms with Gasteiger partial charge in [0, 0.05) is 17.8 Å². The van der Waals surface area contributed by atoms with Gasteiger partial charge in [0.1, 0.15) is 11.5 Å². The zero-order chi connectivity index (χ0) is 14.5. The number of ether oxygens (including phenoxy) is 1. The number of benzene rings is 2. The number of anilines is 1. The van der Waals surface area contributed by atoms with Crippen LogP contribution in [0.2, 0.25) is 5.02 Å². The highest BCUT2D eigenvalue weighted by atomic mass is 35.5. The van der Waals surface area contributed by atoms with Gasteiger partial charge >= 0.3 is 6.61 Å². The molecule has 0 heterocycles. The SMILES string of the molecule is Oc1ccccc1CNc1ccc(OC(F)F)c(Cl)c1. The summed E-state index contributed by atoms with van der Waals surface area (Å²) in [4.78, 5) is 0. The summed E-state index contributed by atoms with van der Waals surface area (Å²) in [5, 5.41) is 12.7. The Morgan fingerprint density at radius 3 is 2.60 bits per heavy atom. The number of phenolic OH excluding ortho intramolecular Hbond substituents is 1. The minimum Gasteiger partial charge on any atom is -0.508 e. The fourth-order valence-corrected chi connectivity index (χ4v) is 1.89. The summed E-state index contributed by atoms with van der Waals surface area (Å²) in [5.41, 5.74) is 1.36. The van der Waals surface area contributed by atoms with Crippen molar-refractivity contribution in [1.82, 2.24) is 0 Å². The predicted octanol–water partition coefficient (Wildman–Crippen LogP) is 4.26. The third kappa shape index (κ3) is 3.74. The summed E-state index contributed by atoms with van der Waals surface area (Å²) >= 11 is 5.84. The van der Waals surface area contributed by atoms with E-state index < -0.39 is 6.61 Å². The molecule has 0 saturated carbocycles. The van der Waals surface area contributed by atoms with Crippen LogP contribution in [0.3, 0.4) is 0 Å². The van der Waals surface area contributed by atoms with Gasteiger partial charge in [0.05, 0.1) is 5.02 Å². The Balaban J connectivity index is 2.04. The highest BCUT2D eigenvalue weighted by Crippen LogP contribution is 2.29. The monoisotopic (exact) mass is 299 g/mol. The number of para-hydroxylation sites is 1. The molecule has 0 aromatic heterocycles. The van der Waals surface area contributed by atoms with E-state index in [0.717, 1.165) is 5.56 Å². The van der Waals surface area contributed by atoms with Crippen molar-refractivity contribution in [2.24, 2.45) is 0 Å². The number of rotatable bonds is 5. The van der Waals surface area contributed by atoms with E-state index in [1.165, 1.54) is 12.1 Å². The lowest BCUT2D eigenvalue weighted by atomic mass is 10.2. The summed E-state index contributed by atoms with van der Waals surface area (Å²) < 4.78 is 28.4. The first-order valence-corrected chi connectivity index (χ1v) is 6.19.